The molecule has 1 aromatic carbocycles. The van der Waals surface area contributed by atoms with Crippen LogP contribution in [-0.4, -0.2) is 67.4 Å². The second kappa shape index (κ2) is 9.27. The summed E-state index contributed by atoms with van der Waals surface area (Å²) in [6.07, 6.45) is 1.62. The largest absolute Gasteiger partial charge is 0.350 e. The van der Waals surface area contributed by atoms with Crippen LogP contribution < -0.4 is 16.4 Å². The van der Waals surface area contributed by atoms with Crippen molar-refractivity contribution in [2.75, 3.05) is 19.6 Å². The number of nitrogens with two attached hydrogens (primary N) is 1. The lowest BCUT2D eigenvalue weighted by Crippen LogP contribution is -2.57. The summed E-state index contributed by atoms with van der Waals surface area (Å²) < 4.78 is 40.6. The van der Waals surface area contributed by atoms with E-state index in [0.29, 0.717) is 19.4 Å². The minimum Gasteiger partial charge on any atom is -0.350 e. The zero-order valence-electron chi connectivity index (χ0n) is 16.9. The van der Waals surface area contributed by atoms with Gasteiger partial charge in [-0.2, -0.15) is 4.31 Å². The van der Waals surface area contributed by atoms with E-state index >= 15 is 0 Å². The predicted octanol–water partition coefficient (Wildman–Crippen LogP) is 0.574. The van der Waals surface area contributed by atoms with Gasteiger partial charge in [-0.25, -0.2) is 17.6 Å². The zero-order chi connectivity index (χ0) is 21.9. The van der Waals surface area contributed by atoms with Crippen molar-refractivity contribution in [1.29, 1.82) is 0 Å². The fourth-order valence-corrected chi connectivity index (χ4v) is 5.42. The van der Waals surface area contributed by atoms with Crippen LogP contribution in [0.3, 0.4) is 0 Å². The third-order valence-electron chi connectivity index (χ3n) is 5.49. The van der Waals surface area contributed by atoms with Gasteiger partial charge < -0.3 is 16.4 Å². The molecule has 1 atom stereocenters. The number of hydrogen-bond donors (Lipinski definition) is 3. The Hall–Kier alpha value is -2.24. The maximum Gasteiger partial charge on any atom is 0.319 e. The highest BCUT2D eigenvalue weighted by molar-refractivity contribution is 7.89. The summed E-state index contributed by atoms with van der Waals surface area (Å²) in [5, 5.41) is 5.51. The number of carbonyl (C=O) groups is 2. The van der Waals surface area contributed by atoms with Gasteiger partial charge >= 0.3 is 6.03 Å². The van der Waals surface area contributed by atoms with Crippen LogP contribution in [-0.2, 0) is 14.8 Å². The van der Waals surface area contributed by atoms with Gasteiger partial charge in [-0.05, 0) is 56.9 Å². The SMILES string of the molecule is CCNC(=O)N1CCN(S(=O)(=O)c2ccc(F)cc2)C1C(=O)NC1CCC(N)CC1. The third kappa shape index (κ3) is 4.73. The first kappa shape index (κ1) is 22.4. The summed E-state index contributed by atoms with van der Waals surface area (Å²) in [6, 6.07) is 3.86. The number of rotatable bonds is 5. The van der Waals surface area contributed by atoms with Crippen LogP contribution in [0.2, 0.25) is 0 Å². The van der Waals surface area contributed by atoms with Gasteiger partial charge in [0.2, 0.25) is 10.0 Å². The number of benzene rings is 1. The highest BCUT2D eigenvalue weighted by Gasteiger charge is 2.46. The number of carbonyl (C=O) groups excluding carboxylic acids is 2. The van der Waals surface area contributed by atoms with Crippen molar-refractivity contribution >= 4 is 22.0 Å². The van der Waals surface area contributed by atoms with Crippen molar-refractivity contribution in [3.63, 3.8) is 0 Å². The molecule has 1 saturated heterocycles. The van der Waals surface area contributed by atoms with Crippen molar-refractivity contribution in [3.05, 3.63) is 30.1 Å². The molecule has 0 bridgehead atoms. The van der Waals surface area contributed by atoms with Gasteiger partial charge in [0.05, 0.1) is 4.90 Å². The van der Waals surface area contributed by atoms with E-state index in [1.54, 1.807) is 6.92 Å². The van der Waals surface area contributed by atoms with Gasteiger partial charge in [0, 0.05) is 31.7 Å². The van der Waals surface area contributed by atoms with E-state index in [2.05, 4.69) is 10.6 Å². The molecule has 3 amide bonds. The Morgan fingerprint density at radius 2 is 1.77 bits per heavy atom. The third-order valence-corrected chi connectivity index (χ3v) is 7.36. The molecule has 4 N–H and O–H groups in total. The lowest BCUT2D eigenvalue weighted by molar-refractivity contribution is -0.128. The molecule has 166 valence electrons. The minimum atomic E-state index is -4.12. The van der Waals surface area contributed by atoms with Gasteiger partial charge in [-0.1, -0.05) is 0 Å². The number of nitrogens with one attached hydrogen (secondary N) is 2. The van der Waals surface area contributed by atoms with Gasteiger partial charge in [0.25, 0.3) is 5.91 Å². The maximum atomic E-state index is 13.3. The molecule has 0 radical (unpaired) electrons. The lowest BCUT2D eigenvalue weighted by Gasteiger charge is -2.32. The molecule has 1 unspecified atom stereocenters. The van der Waals surface area contributed by atoms with Crippen LogP contribution in [0.5, 0.6) is 0 Å². The molecule has 1 aliphatic carbocycles. The molecule has 30 heavy (non-hydrogen) atoms. The topological polar surface area (TPSA) is 125 Å². The van der Waals surface area contributed by atoms with Crippen LogP contribution >= 0.6 is 0 Å². The highest BCUT2D eigenvalue weighted by atomic mass is 32.2. The molecule has 1 aromatic rings. The van der Waals surface area contributed by atoms with Crippen molar-refractivity contribution in [2.45, 2.75) is 55.8 Å². The molecule has 1 heterocycles. The summed E-state index contributed by atoms with van der Waals surface area (Å²) in [6.45, 7) is 2.11. The average Bonchev–Trinajstić information content (AvgIpc) is 3.16. The number of sulfonamides is 1. The number of halogens is 1. The number of hydrogen-bond acceptors (Lipinski definition) is 5. The smallest absolute Gasteiger partial charge is 0.319 e. The molecule has 0 aromatic heterocycles. The summed E-state index contributed by atoms with van der Waals surface area (Å²) in [5.41, 5.74) is 5.91. The number of amides is 3. The Kier molecular flexibility index (Phi) is 6.94. The Labute approximate surface area is 175 Å². The zero-order valence-corrected chi connectivity index (χ0v) is 17.7. The van der Waals surface area contributed by atoms with E-state index < -0.39 is 33.9 Å². The van der Waals surface area contributed by atoms with Crippen LogP contribution in [0.15, 0.2) is 29.2 Å². The van der Waals surface area contributed by atoms with Gasteiger partial charge in [0.15, 0.2) is 6.17 Å². The molecule has 0 spiro atoms. The molecular weight excluding hydrogens is 413 g/mol. The van der Waals surface area contributed by atoms with Crippen LogP contribution in [0, 0.1) is 5.82 Å². The fraction of sp³-hybridized carbons (Fsp3) is 0.579. The van der Waals surface area contributed by atoms with E-state index in [-0.39, 0.29) is 30.1 Å². The Bertz CT molecular complexity index is 871. The van der Waals surface area contributed by atoms with E-state index in [1.807, 2.05) is 0 Å². The molecule has 2 aliphatic rings. The van der Waals surface area contributed by atoms with Crippen LogP contribution in [0.4, 0.5) is 9.18 Å². The molecule has 1 saturated carbocycles. The Balaban J connectivity index is 1.86. The minimum absolute atomic E-state index is 0.0372. The molecule has 1 aliphatic heterocycles. The van der Waals surface area contributed by atoms with E-state index in [0.717, 1.165) is 41.4 Å². The molecule has 11 heteroatoms. The van der Waals surface area contributed by atoms with Crippen LogP contribution in [0.1, 0.15) is 32.6 Å². The maximum absolute atomic E-state index is 13.3. The molecular formula is C19H28FN5O4S. The van der Waals surface area contributed by atoms with E-state index in [4.69, 9.17) is 5.73 Å². The molecule has 3 rings (SSSR count). The molecule has 9 nitrogen and oxygen atoms in total. The summed E-state index contributed by atoms with van der Waals surface area (Å²) in [7, 11) is -4.12. The average molecular weight is 442 g/mol. The Morgan fingerprint density at radius 1 is 1.13 bits per heavy atom. The first-order valence-electron chi connectivity index (χ1n) is 10.1. The first-order chi connectivity index (χ1) is 14.2. The molecule has 2 fully saturated rings. The normalized spacial score (nSPS) is 25.2. The van der Waals surface area contributed by atoms with Gasteiger partial charge in [0.1, 0.15) is 5.82 Å². The second-order valence-electron chi connectivity index (χ2n) is 7.59. The number of nitrogens with zero attached hydrogens (tertiary/aromatic N) is 2. The standard InChI is InChI=1S/C19H28FN5O4S/c1-2-22-19(27)24-11-12-25(30(28,29)16-9-3-13(20)4-10-16)18(24)17(26)23-15-7-5-14(21)6-8-15/h3-4,9-10,14-15,18H,2,5-8,11-12,21H2,1H3,(H,22,27)(H,23,26). The fourth-order valence-electron chi connectivity index (χ4n) is 3.88. The highest BCUT2D eigenvalue weighted by Crippen LogP contribution is 2.26. The summed E-state index contributed by atoms with van der Waals surface area (Å²) >= 11 is 0. The second-order valence-corrected chi connectivity index (χ2v) is 9.48. The van der Waals surface area contributed by atoms with Crippen molar-refractivity contribution in [2.24, 2.45) is 5.73 Å². The van der Waals surface area contributed by atoms with Crippen LogP contribution in [0.25, 0.3) is 0 Å². The predicted molar refractivity (Wildman–Crippen MR) is 108 cm³/mol. The Morgan fingerprint density at radius 3 is 2.37 bits per heavy atom. The van der Waals surface area contributed by atoms with E-state index in [9.17, 15) is 22.4 Å². The van der Waals surface area contributed by atoms with Gasteiger partial charge in [-0.3, -0.25) is 9.69 Å². The summed E-state index contributed by atoms with van der Waals surface area (Å²) in [5.74, 6) is -1.12. The van der Waals surface area contributed by atoms with E-state index in [1.165, 1.54) is 4.90 Å². The quantitative estimate of drug-likeness (QED) is 0.616. The monoisotopic (exact) mass is 441 g/mol. The lowest BCUT2D eigenvalue weighted by atomic mass is 9.92. The van der Waals surface area contributed by atoms with Gasteiger partial charge in [-0.15, -0.1) is 0 Å². The first-order valence-corrected chi connectivity index (χ1v) is 11.6. The van der Waals surface area contributed by atoms with Crippen molar-refractivity contribution in [3.8, 4) is 0 Å². The summed E-state index contributed by atoms with van der Waals surface area (Å²) in [4.78, 5) is 26.7. The van der Waals surface area contributed by atoms with Crippen molar-refractivity contribution < 1.29 is 22.4 Å². The number of urea groups is 1. The van der Waals surface area contributed by atoms with Crippen molar-refractivity contribution in [1.82, 2.24) is 19.8 Å².